The van der Waals surface area contributed by atoms with E-state index in [1.54, 1.807) is 0 Å². The Hall–Kier alpha value is -1.26. The second-order valence-corrected chi connectivity index (χ2v) is 4.82. The molecule has 1 aliphatic carbocycles. The van der Waals surface area contributed by atoms with E-state index in [2.05, 4.69) is 10.6 Å². The molecule has 1 unspecified atom stereocenters. The lowest BCUT2D eigenvalue weighted by Crippen LogP contribution is -2.41. The normalized spacial score (nSPS) is 16.3. The minimum absolute atomic E-state index is 0.0864. The van der Waals surface area contributed by atoms with Crippen molar-refractivity contribution in [2.24, 2.45) is 5.92 Å². The van der Waals surface area contributed by atoms with E-state index in [0.29, 0.717) is 13.0 Å². The molecule has 98 valence electrons. The lowest BCUT2D eigenvalue weighted by molar-refractivity contribution is -0.137. The van der Waals surface area contributed by atoms with Crippen LogP contribution in [-0.2, 0) is 4.79 Å². The zero-order valence-corrected chi connectivity index (χ0v) is 10.4. The van der Waals surface area contributed by atoms with E-state index in [9.17, 15) is 9.59 Å². The number of carboxylic acids is 1. The molecule has 2 amide bonds. The second-order valence-electron chi connectivity index (χ2n) is 4.82. The number of nitrogens with one attached hydrogen (secondary N) is 2. The van der Waals surface area contributed by atoms with Gasteiger partial charge in [0.15, 0.2) is 0 Å². The first-order valence-corrected chi connectivity index (χ1v) is 6.34. The van der Waals surface area contributed by atoms with E-state index < -0.39 is 5.97 Å². The SMILES string of the molecule is CC(CCC(=O)O)NC(=O)NCCCC1CC1. The van der Waals surface area contributed by atoms with Crippen molar-refractivity contribution in [1.82, 2.24) is 10.6 Å². The van der Waals surface area contributed by atoms with Crippen LogP contribution in [0.3, 0.4) is 0 Å². The van der Waals surface area contributed by atoms with Gasteiger partial charge < -0.3 is 15.7 Å². The predicted octanol–water partition coefficient (Wildman–Crippen LogP) is 1.73. The maximum absolute atomic E-state index is 11.4. The van der Waals surface area contributed by atoms with E-state index in [1.165, 1.54) is 19.3 Å². The van der Waals surface area contributed by atoms with Crippen molar-refractivity contribution in [3.8, 4) is 0 Å². The van der Waals surface area contributed by atoms with Gasteiger partial charge in [0.25, 0.3) is 0 Å². The zero-order valence-electron chi connectivity index (χ0n) is 10.4. The van der Waals surface area contributed by atoms with Crippen LogP contribution >= 0.6 is 0 Å². The molecule has 1 saturated carbocycles. The van der Waals surface area contributed by atoms with E-state index in [1.807, 2.05) is 6.92 Å². The molecule has 0 aromatic rings. The van der Waals surface area contributed by atoms with Gasteiger partial charge in [-0.1, -0.05) is 12.8 Å². The topological polar surface area (TPSA) is 78.4 Å². The number of amides is 2. The third kappa shape index (κ3) is 7.60. The van der Waals surface area contributed by atoms with Crippen molar-refractivity contribution in [2.75, 3.05) is 6.54 Å². The number of hydrogen-bond donors (Lipinski definition) is 3. The highest BCUT2D eigenvalue weighted by Crippen LogP contribution is 2.33. The van der Waals surface area contributed by atoms with Crippen LogP contribution < -0.4 is 10.6 Å². The number of rotatable bonds is 8. The molecule has 5 nitrogen and oxygen atoms in total. The Morgan fingerprint density at radius 2 is 2.12 bits per heavy atom. The van der Waals surface area contributed by atoms with E-state index in [4.69, 9.17) is 5.11 Å². The average Bonchev–Trinajstić information content (AvgIpc) is 3.05. The van der Waals surface area contributed by atoms with Crippen LogP contribution in [-0.4, -0.2) is 29.7 Å². The van der Waals surface area contributed by atoms with Crippen LogP contribution in [0.2, 0.25) is 0 Å². The molecule has 1 aliphatic rings. The summed E-state index contributed by atoms with van der Waals surface area (Å²) in [6, 6.07) is -0.298. The first-order chi connectivity index (χ1) is 8.08. The fourth-order valence-electron chi connectivity index (χ4n) is 1.69. The van der Waals surface area contributed by atoms with Gasteiger partial charge in [0.05, 0.1) is 0 Å². The summed E-state index contributed by atoms with van der Waals surface area (Å²) in [5.41, 5.74) is 0. The van der Waals surface area contributed by atoms with Gasteiger partial charge in [0, 0.05) is 19.0 Å². The highest BCUT2D eigenvalue weighted by atomic mass is 16.4. The minimum atomic E-state index is -0.830. The van der Waals surface area contributed by atoms with Crippen LogP contribution in [0.1, 0.15) is 45.4 Å². The van der Waals surface area contributed by atoms with Crippen LogP contribution in [0.15, 0.2) is 0 Å². The first kappa shape index (κ1) is 13.8. The van der Waals surface area contributed by atoms with Gasteiger partial charge in [-0.3, -0.25) is 4.79 Å². The Bertz CT molecular complexity index is 264. The molecular weight excluding hydrogens is 220 g/mol. The van der Waals surface area contributed by atoms with Gasteiger partial charge >= 0.3 is 12.0 Å². The predicted molar refractivity (Wildman–Crippen MR) is 64.8 cm³/mol. The summed E-state index contributed by atoms with van der Waals surface area (Å²) in [6.07, 6.45) is 5.47. The maximum atomic E-state index is 11.4. The van der Waals surface area contributed by atoms with Crippen LogP contribution in [0, 0.1) is 5.92 Å². The molecule has 1 rings (SSSR count). The van der Waals surface area contributed by atoms with E-state index >= 15 is 0 Å². The largest absolute Gasteiger partial charge is 0.481 e. The highest BCUT2D eigenvalue weighted by molar-refractivity contribution is 5.74. The molecule has 17 heavy (non-hydrogen) atoms. The molecule has 0 spiro atoms. The molecule has 0 radical (unpaired) electrons. The summed E-state index contributed by atoms with van der Waals surface area (Å²) < 4.78 is 0. The Labute approximate surface area is 102 Å². The molecular formula is C12H22N2O3. The molecule has 0 aliphatic heterocycles. The van der Waals surface area contributed by atoms with Gasteiger partial charge in [-0.05, 0) is 32.1 Å². The molecule has 0 heterocycles. The molecule has 5 heteroatoms. The standard InChI is InChI=1S/C12H22N2O3/c1-9(4-7-11(15)16)14-12(17)13-8-2-3-10-5-6-10/h9-10H,2-8H2,1H3,(H,15,16)(H2,13,14,17). The van der Waals surface area contributed by atoms with Crippen LogP contribution in [0.5, 0.6) is 0 Å². The summed E-state index contributed by atoms with van der Waals surface area (Å²) in [5, 5.41) is 14.0. The van der Waals surface area contributed by atoms with Crippen molar-refractivity contribution in [2.45, 2.75) is 51.5 Å². The molecule has 1 fully saturated rings. The highest BCUT2D eigenvalue weighted by Gasteiger charge is 2.20. The second kappa shape index (κ2) is 7.14. The maximum Gasteiger partial charge on any atom is 0.314 e. The van der Waals surface area contributed by atoms with E-state index in [0.717, 1.165) is 12.3 Å². The Balaban J connectivity index is 1.96. The number of carbonyl (C=O) groups excluding carboxylic acids is 1. The summed E-state index contributed by atoms with van der Waals surface area (Å²) in [4.78, 5) is 21.7. The van der Waals surface area contributed by atoms with Crippen molar-refractivity contribution >= 4 is 12.0 Å². The van der Waals surface area contributed by atoms with Crippen molar-refractivity contribution in [1.29, 1.82) is 0 Å². The summed E-state index contributed by atoms with van der Waals surface area (Å²) in [5.74, 6) is 0.0674. The third-order valence-corrected chi connectivity index (χ3v) is 2.94. The van der Waals surface area contributed by atoms with Gasteiger partial charge in [-0.15, -0.1) is 0 Å². The van der Waals surface area contributed by atoms with Crippen molar-refractivity contribution in [3.05, 3.63) is 0 Å². The molecule has 1 atom stereocenters. The Kier molecular flexibility index (Phi) is 5.80. The number of carboxylic acid groups (broad SMARTS) is 1. The number of hydrogen-bond acceptors (Lipinski definition) is 2. The van der Waals surface area contributed by atoms with Gasteiger partial charge in [0.1, 0.15) is 0 Å². The minimum Gasteiger partial charge on any atom is -0.481 e. The van der Waals surface area contributed by atoms with Crippen LogP contribution in [0.4, 0.5) is 4.79 Å². The van der Waals surface area contributed by atoms with Gasteiger partial charge in [-0.2, -0.15) is 0 Å². The molecule has 0 bridgehead atoms. The molecule has 0 aromatic heterocycles. The van der Waals surface area contributed by atoms with Crippen LogP contribution in [0.25, 0.3) is 0 Å². The number of carbonyl (C=O) groups is 2. The quantitative estimate of drug-likeness (QED) is 0.567. The monoisotopic (exact) mass is 242 g/mol. The summed E-state index contributed by atoms with van der Waals surface area (Å²) in [7, 11) is 0. The lowest BCUT2D eigenvalue weighted by atomic mass is 10.2. The zero-order chi connectivity index (χ0) is 12.7. The number of aliphatic carboxylic acids is 1. The average molecular weight is 242 g/mol. The number of urea groups is 1. The van der Waals surface area contributed by atoms with Crippen molar-refractivity contribution in [3.63, 3.8) is 0 Å². The first-order valence-electron chi connectivity index (χ1n) is 6.34. The molecule has 3 N–H and O–H groups in total. The molecule has 0 aromatic carbocycles. The third-order valence-electron chi connectivity index (χ3n) is 2.94. The Morgan fingerprint density at radius 3 is 2.71 bits per heavy atom. The fourth-order valence-corrected chi connectivity index (χ4v) is 1.69. The van der Waals surface area contributed by atoms with Crippen molar-refractivity contribution < 1.29 is 14.7 Å². The van der Waals surface area contributed by atoms with Gasteiger partial charge in [0.2, 0.25) is 0 Å². The summed E-state index contributed by atoms with van der Waals surface area (Å²) in [6.45, 7) is 2.51. The summed E-state index contributed by atoms with van der Waals surface area (Å²) >= 11 is 0. The fraction of sp³-hybridized carbons (Fsp3) is 0.833. The Morgan fingerprint density at radius 1 is 1.41 bits per heavy atom. The lowest BCUT2D eigenvalue weighted by Gasteiger charge is -2.13. The smallest absolute Gasteiger partial charge is 0.314 e. The molecule has 0 saturated heterocycles. The van der Waals surface area contributed by atoms with E-state index in [-0.39, 0.29) is 18.5 Å². The van der Waals surface area contributed by atoms with Gasteiger partial charge in [-0.25, -0.2) is 4.79 Å².